The Balaban J connectivity index is 1.88. The monoisotopic (exact) mass is 364 g/mol. The number of rotatable bonds is 7. The van der Waals surface area contributed by atoms with E-state index in [0.717, 1.165) is 29.7 Å². The first-order valence-corrected chi connectivity index (χ1v) is 9.06. The zero-order valence-electron chi connectivity index (χ0n) is 15.7. The molecular formula is C21H24N4O2. The van der Waals surface area contributed by atoms with Crippen molar-refractivity contribution in [3.8, 4) is 5.75 Å². The maximum absolute atomic E-state index is 13.3. The topological polar surface area (TPSA) is 71.2 Å². The molecular weight excluding hydrogens is 340 g/mol. The lowest BCUT2D eigenvalue weighted by molar-refractivity contribution is 0.0718. The number of aryl methyl sites for hydroxylation is 2. The standard InChI is InChI=1S/C21H24N4O2/c1-3-4-18-13-20(24(2)23-18)21(27)25(15-17-9-11-22-12-10-17)14-16-5-7-19(26)8-6-16/h5-13,26H,3-4,14-15H2,1-2H3. The molecule has 0 aliphatic heterocycles. The van der Waals surface area contributed by atoms with Gasteiger partial charge in [-0.1, -0.05) is 25.5 Å². The van der Waals surface area contributed by atoms with E-state index >= 15 is 0 Å². The third-order valence-electron chi connectivity index (χ3n) is 4.38. The average molecular weight is 364 g/mol. The van der Waals surface area contributed by atoms with E-state index in [0.29, 0.717) is 18.8 Å². The van der Waals surface area contributed by atoms with Crippen molar-refractivity contribution in [2.75, 3.05) is 0 Å². The summed E-state index contributed by atoms with van der Waals surface area (Å²) in [6.07, 6.45) is 5.28. The van der Waals surface area contributed by atoms with Crippen LogP contribution in [0.5, 0.6) is 5.75 Å². The minimum atomic E-state index is -0.0720. The number of nitrogens with zero attached hydrogens (tertiary/aromatic N) is 4. The number of carbonyl (C=O) groups excluding carboxylic acids is 1. The molecule has 1 aromatic carbocycles. The van der Waals surface area contributed by atoms with Crippen molar-refractivity contribution in [1.29, 1.82) is 0 Å². The van der Waals surface area contributed by atoms with Gasteiger partial charge in [0.1, 0.15) is 11.4 Å². The van der Waals surface area contributed by atoms with Crippen molar-refractivity contribution < 1.29 is 9.90 Å². The van der Waals surface area contributed by atoms with E-state index in [4.69, 9.17) is 0 Å². The van der Waals surface area contributed by atoms with Crippen molar-refractivity contribution in [3.63, 3.8) is 0 Å². The highest BCUT2D eigenvalue weighted by atomic mass is 16.3. The molecule has 0 radical (unpaired) electrons. The van der Waals surface area contributed by atoms with Gasteiger partial charge in [0.2, 0.25) is 0 Å². The van der Waals surface area contributed by atoms with Crippen LogP contribution in [0.25, 0.3) is 0 Å². The molecule has 0 unspecified atom stereocenters. The molecule has 1 N–H and O–H groups in total. The number of benzene rings is 1. The van der Waals surface area contributed by atoms with E-state index < -0.39 is 0 Å². The number of phenols is 1. The molecule has 0 spiro atoms. The van der Waals surface area contributed by atoms with Gasteiger partial charge in [-0.2, -0.15) is 5.10 Å². The smallest absolute Gasteiger partial charge is 0.272 e. The Morgan fingerprint density at radius 2 is 1.70 bits per heavy atom. The summed E-state index contributed by atoms with van der Waals surface area (Å²) in [5, 5.41) is 14.0. The van der Waals surface area contributed by atoms with Crippen molar-refractivity contribution in [2.24, 2.45) is 7.05 Å². The van der Waals surface area contributed by atoms with Crippen LogP contribution in [0.3, 0.4) is 0 Å². The number of hydrogen-bond acceptors (Lipinski definition) is 4. The van der Waals surface area contributed by atoms with Gasteiger partial charge in [-0.25, -0.2) is 0 Å². The second-order valence-electron chi connectivity index (χ2n) is 6.58. The van der Waals surface area contributed by atoms with Crippen LogP contribution in [0.15, 0.2) is 54.9 Å². The zero-order chi connectivity index (χ0) is 19.2. The molecule has 1 amide bonds. The van der Waals surface area contributed by atoms with Gasteiger partial charge in [-0.05, 0) is 47.9 Å². The maximum Gasteiger partial charge on any atom is 0.272 e. The molecule has 2 heterocycles. The van der Waals surface area contributed by atoms with Crippen molar-refractivity contribution in [2.45, 2.75) is 32.9 Å². The summed E-state index contributed by atoms with van der Waals surface area (Å²) in [4.78, 5) is 19.1. The van der Waals surface area contributed by atoms with Gasteiger partial charge in [-0.3, -0.25) is 14.5 Å². The van der Waals surface area contributed by atoms with Gasteiger partial charge in [0.25, 0.3) is 5.91 Å². The highest BCUT2D eigenvalue weighted by molar-refractivity contribution is 5.92. The van der Waals surface area contributed by atoms with Crippen LogP contribution in [0.4, 0.5) is 0 Å². The number of aromatic hydroxyl groups is 1. The number of carbonyl (C=O) groups is 1. The van der Waals surface area contributed by atoms with Crippen LogP contribution in [-0.4, -0.2) is 30.7 Å². The summed E-state index contributed by atoms with van der Waals surface area (Å²) < 4.78 is 1.66. The first kappa shape index (κ1) is 18.6. The van der Waals surface area contributed by atoms with Gasteiger partial charge < -0.3 is 10.0 Å². The Morgan fingerprint density at radius 1 is 1.07 bits per heavy atom. The molecule has 6 nitrogen and oxygen atoms in total. The molecule has 0 aliphatic carbocycles. The minimum absolute atomic E-state index is 0.0720. The lowest BCUT2D eigenvalue weighted by Gasteiger charge is -2.23. The highest BCUT2D eigenvalue weighted by Crippen LogP contribution is 2.17. The van der Waals surface area contributed by atoms with Gasteiger partial charge in [0.15, 0.2) is 0 Å². The second-order valence-corrected chi connectivity index (χ2v) is 6.58. The summed E-state index contributed by atoms with van der Waals surface area (Å²) >= 11 is 0. The fourth-order valence-electron chi connectivity index (χ4n) is 3.00. The van der Waals surface area contributed by atoms with Crippen LogP contribution in [0.2, 0.25) is 0 Å². The maximum atomic E-state index is 13.3. The van der Waals surface area contributed by atoms with Crippen LogP contribution < -0.4 is 0 Å². The lowest BCUT2D eigenvalue weighted by atomic mass is 10.1. The van der Waals surface area contributed by atoms with Crippen molar-refractivity contribution in [3.05, 3.63) is 77.4 Å². The SMILES string of the molecule is CCCc1cc(C(=O)N(Cc2ccncc2)Cc2ccc(O)cc2)n(C)n1. The van der Waals surface area contributed by atoms with E-state index in [9.17, 15) is 9.90 Å². The molecule has 3 aromatic rings. The third kappa shape index (κ3) is 4.73. The lowest BCUT2D eigenvalue weighted by Crippen LogP contribution is -2.31. The summed E-state index contributed by atoms with van der Waals surface area (Å²) in [5.74, 6) is 0.138. The van der Waals surface area contributed by atoms with E-state index in [1.807, 2.05) is 30.3 Å². The fourth-order valence-corrected chi connectivity index (χ4v) is 3.00. The number of aromatic nitrogens is 3. The van der Waals surface area contributed by atoms with E-state index in [2.05, 4.69) is 17.0 Å². The molecule has 0 bridgehead atoms. The number of phenolic OH excluding ortho intramolecular Hbond substituents is 1. The Kier molecular flexibility index (Phi) is 5.86. The minimum Gasteiger partial charge on any atom is -0.508 e. The van der Waals surface area contributed by atoms with E-state index in [1.165, 1.54) is 0 Å². The van der Waals surface area contributed by atoms with Crippen LogP contribution in [-0.2, 0) is 26.6 Å². The first-order valence-electron chi connectivity index (χ1n) is 9.06. The Labute approximate surface area is 159 Å². The van der Waals surface area contributed by atoms with Gasteiger partial charge >= 0.3 is 0 Å². The Hall–Kier alpha value is -3.15. The van der Waals surface area contributed by atoms with E-state index in [-0.39, 0.29) is 11.7 Å². The molecule has 6 heteroatoms. The Bertz CT molecular complexity index is 888. The van der Waals surface area contributed by atoms with Crippen molar-refractivity contribution in [1.82, 2.24) is 19.7 Å². The third-order valence-corrected chi connectivity index (χ3v) is 4.38. The average Bonchev–Trinajstić information content (AvgIpc) is 3.04. The summed E-state index contributed by atoms with van der Waals surface area (Å²) in [6, 6.07) is 12.6. The number of pyridine rings is 1. The molecule has 3 rings (SSSR count). The van der Waals surface area contributed by atoms with Crippen LogP contribution >= 0.6 is 0 Å². The fraction of sp³-hybridized carbons (Fsp3) is 0.286. The molecule has 0 aliphatic rings. The summed E-state index contributed by atoms with van der Waals surface area (Å²) in [7, 11) is 1.80. The first-order chi connectivity index (χ1) is 13.1. The van der Waals surface area contributed by atoms with Crippen LogP contribution in [0.1, 0.15) is 40.7 Å². The molecule has 0 fully saturated rings. The summed E-state index contributed by atoms with van der Waals surface area (Å²) in [5.41, 5.74) is 3.46. The largest absolute Gasteiger partial charge is 0.508 e. The number of amides is 1. The molecule has 0 saturated carbocycles. The molecule has 2 aromatic heterocycles. The quantitative estimate of drug-likeness (QED) is 0.698. The molecule has 140 valence electrons. The van der Waals surface area contributed by atoms with Gasteiger partial charge in [0.05, 0.1) is 5.69 Å². The second kappa shape index (κ2) is 8.49. The van der Waals surface area contributed by atoms with Crippen molar-refractivity contribution >= 4 is 5.91 Å². The normalized spacial score (nSPS) is 10.7. The summed E-state index contributed by atoms with van der Waals surface area (Å²) in [6.45, 7) is 3.00. The van der Waals surface area contributed by atoms with Gasteiger partial charge in [0, 0.05) is 32.5 Å². The predicted octanol–water partition coefficient (Wildman–Crippen LogP) is 3.32. The molecule has 27 heavy (non-hydrogen) atoms. The number of hydrogen-bond donors (Lipinski definition) is 1. The molecule has 0 atom stereocenters. The van der Waals surface area contributed by atoms with Gasteiger partial charge in [-0.15, -0.1) is 0 Å². The highest BCUT2D eigenvalue weighted by Gasteiger charge is 2.21. The Morgan fingerprint density at radius 3 is 2.33 bits per heavy atom. The van der Waals surface area contributed by atoms with E-state index in [1.54, 1.807) is 41.2 Å². The predicted molar refractivity (Wildman–Crippen MR) is 103 cm³/mol. The molecule has 0 saturated heterocycles. The van der Waals surface area contributed by atoms with Crippen LogP contribution in [0, 0.1) is 0 Å². The zero-order valence-corrected chi connectivity index (χ0v) is 15.7.